The Balaban J connectivity index is 2.52. The first kappa shape index (κ1) is 9.34. The molecule has 0 aliphatic rings. The van der Waals surface area contributed by atoms with Crippen LogP contribution in [0.1, 0.15) is 5.56 Å². The Morgan fingerprint density at radius 1 is 1.14 bits per heavy atom. The van der Waals surface area contributed by atoms with Crippen LogP contribution in [0.25, 0.3) is 11.4 Å². The number of pyridine rings is 2. The van der Waals surface area contributed by atoms with Crippen molar-refractivity contribution in [3.05, 3.63) is 46.7 Å². The fourth-order valence-electron chi connectivity index (χ4n) is 1.27. The van der Waals surface area contributed by atoms with E-state index in [1.165, 1.54) is 5.56 Å². The first-order chi connectivity index (χ1) is 6.75. The lowest BCUT2D eigenvalue weighted by Crippen LogP contribution is -1.88. The zero-order valence-electron chi connectivity index (χ0n) is 7.74. The van der Waals surface area contributed by atoms with Crippen molar-refractivity contribution in [2.45, 2.75) is 6.92 Å². The average Bonchev–Trinajstić information content (AvgIpc) is 2.18. The van der Waals surface area contributed by atoms with Gasteiger partial charge in [-0.15, -0.1) is 0 Å². The zero-order valence-corrected chi connectivity index (χ0v) is 9.32. The van der Waals surface area contributed by atoms with Gasteiger partial charge in [0.15, 0.2) is 0 Å². The van der Waals surface area contributed by atoms with Gasteiger partial charge in [0, 0.05) is 6.20 Å². The monoisotopic (exact) mass is 248 g/mol. The van der Waals surface area contributed by atoms with Crippen molar-refractivity contribution in [1.29, 1.82) is 0 Å². The van der Waals surface area contributed by atoms with Crippen LogP contribution >= 0.6 is 15.9 Å². The molecule has 14 heavy (non-hydrogen) atoms. The molecule has 0 aliphatic heterocycles. The van der Waals surface area contributed by atoms with Crippen LogP contribution in [0.2, 0.25) is 0 Å². The van der Waals surface area contributed by atoms with Crippen LogP contribution in [0.15, 0.2) is 41.1 Å². The van der Waals surface area contributed by atoms with Crippen molar-refractivity contribution in [2.75, 3.05) is 0 Å². The van der Waals surface area contributed by atoms with E-state index >= 15 is 0 Å². The molecular weight excluding hydrogens is 240 g/mol. The van der Waals surface area contributed by atoms with E-state index in [4.69, 9.17) is 0 Å². The summed E-state index contributed by atoms with van der Waals surface area (Å²) in [5.74, 6) is 0. The number of aryl methyl sites for hydroxylation is 1. The van der Waals surface area contributed by atoms with Gasteiger partial charge in [-0.25, -0.2) is 4.98 Å². The van der Waals surface area contributed by atoms with Crippen molar-refractivity contribution >= 4 is 15.9 Å². The van der Waals surface area contributed by atoms with Gasteiger partial charge >= 0.3 is 0 Å². The third-order valence-corrected chi connectivity index (χ3v) is 2.27. The smallest absolute Gasteiger partial charge is 0.107 e. The first-order valence-electron chi connectivity index (χ1n) is 4.31. The quantitative estimate of drug-likeness (QED) is 0.725. The summed E-state index contributed by atoms with van der Waals surface area (Å²) in [6, 6.07) is 9.81. The molecule has 0 fully saturated rings. The Hall–Kier alpha value is -1.22. The molecule has 0 spiro atoms. The average molecular weight is 249 g/mol. The molecule has 2 heterocycles. The van der Waals surface area contributed by atoms with Gasteiger partial charge in [0.05, 0.1) is 11.4 Å². The normalized spacial score (nSPS) is 10.1. The number of hydrogen-bond acceptors (Lipinski definition) is 2. The minimum atomic E-state index is 0.846. The largest absolute Gasteiger partial charge is 0.255 e. The summed E-state index contributed by atoms with van der Waals surface area (Å²) in [7, 11) is 0. The minimum Gasteiger partial charge on any atom is -0.255 e. The molecule has 0 radical (unpaired) electrons. The van der Waals surface area contributed by atoms with E-state index < -0.39 is 0 Å². The fourth-order valence-corrected chi connectivity index (χ4v) is 1.82. The highest BCUT2D eigenvalue weighted by Crippen LogP contribution is 2.18. The lowest BCUT2D eigenvalue weighted by Gasteiger charge is -2.01. The zero-order chi connectivity index (χ0) is 9.97. The second-order valence-electron chi connectivity index (χ2n) is 3.07. The van der Waals surface area contributed by atoms with Crippen LogP contribution in [0, 0.1) is 6.92 Å². The summed E-state index contributed by atoms with van der Waals surface area (Å²) < 4.78 is 0.846. The number of hydrogen-bond donors (Lipinski definition) is 0. The molecule has 2 aromatic heterocycles. The summed E-state index contributed by atoms with van der Waals surface area (Å²) in [6.07, 6.45) is 1.77. The van der Waals surface area contributed by atoms with Crippen LogP contribution in [0.4, 0.5) is 0 Å². The lowest BCUT2D eigenvalue weighted by molar-refractivity contribution is 1.20. The Labute approximate surface area is 91.2 Å². The second kappa shape index (κ2) is 3.88. The van der Waals surface area contributed by atoms with Crippen LogP contribution in [0.5, 0.6) is 0 Å². The van der Waals surface area contributed by atoms with E-state index in [0.717, 1.165) is 16.0 Å². The number of halogens is 1. The molecule has 0 unspecified atom stereocenters. The van der Waals surface area contributed by atoms with Crippen molar-refractivity contribution in [3.63, 3.8) is 0 Å². The van der Waals surface area contributed by atoms with Gasteiger partial charge in [-0.3, -0.25) is 4.98 Å². The number of aromatic nitrogens is 2. The Kier molecular flexibility index (Phi) is 2.59. The van der Waals surface area contributed by atoms with Crippen LogP contribution in [-0.4, -0.2) is 9.97 Å². The highest BCUT2D eigenvalue weighted by atomic mass is 79.9. The van der Waals surface area contributed by atoms with E-state index in [9.17, 15) is 0 Å². The molecule has 3 heteroatoms. The first-order valence-corrected chi connectivity index (χ1v) is 5.10. The van der Waals surface area contributed by atoms with Gasteiger partial charge in [-0.1, -0.05) is 6.07 Å². The number of rotatable bonds is 1. The van der Waals surface area contributed by atoms with Gasteiger partial charge in [0.1, 0.15) is 4.60 Å². The maximum atomic E-state index is 4.36. The predicted octanol–water partition coefficient (Wildman–Crippen LogP) is 3.21. The molecule has 0 aromatic carbocycles. The third-order valence-electron chi connectivity index (χ3n) is 1.87. The van der Waals surface area contributed by atoms with Crippen molar-refractivity contribution < 1.29 is 0 Å². The Morgan fingerprint density at radius 2 is 2.00 bits per heavy atom. The van der Waals surface area contributed by atoms with Gasteiger partial charge in [0.25, 0.3) is 0 Å². The standard InChI is InChI=1S/C11H9BrN2/c1-8-6-10(14-11(12)7-8)9-4-2-3-5-13-9/h2-7H,1H3. The van der Waals surface area contributed by atoms with E-state index in [-0.39, 0.29) is 0 Å². The summed E-state index contributed by atoms with van der Waals surface area (Å²) in [6.45, 7) is 2.04. The van der Waals surface area contributed by atoms with E-state index in [2.05, 4.69) is 25.9 Å². The molecule has 0 saturated carbocycles. The van der Waals surface area contributed by atoms with Crippen LogP contribution in [-0.2, 0) is 0 Å². The molecule has 2 nitrogen and oxygen atoms in total. The molecule has 2 rings (SSSR count). The van der Waals surface area contributed by atoms with Crippen LogP contribution in [0.3, 0.4) is 0 Å². The highest BCUT2D eigenvalue weighted by molar-refractivity contribution is 9.10. The molecule has 0 saturated heterocycles. The summed E-state index contributed by atoms with van der Waals surface area (Å²) >= 11 is 3.37. The molecule has 70 valence electrons. The number of nitrogens with zero attached hydrogens (tertiary/aromatic N) is 2. The maximum absolute atomic E-state index is 4.36. The lowest BCUT2D eigenvalue weighted by atomic mass is 10.2. The van der Waals surface area contributed by atoms with Crippen molar-refractivity contribution in [1.82, 2.24) is 9.97 Å². The minimum absolute atomic E-state index is 0.846. The molecule has 0 bridgehead atoms. The van der Waals surface area contributed by atoms with Gasteiger partial charge in [-0.05, 0) is 52.7 Å². The Bertz CT molecular complexity index is 420. The summed E-state index contributed by atoms with van der Waals surface area (Å²) in [5, 5.41) is 0. The second-order valence-corrected chi connectivity index (χ2v) is 3.88. The molecular formula is C11H9BrN2. The molecule has 2 aromatic rings. The molecule has 0 atom stereocenters. The molecule has 0 aliphatic carbocycles. The predicted molar refractivity (Wildman–Crippen MR) is 59.9 cm³/mol. The van der Waals surface area contributed by atoms with Gasteiger partial charge < -0.3 is 0 Å². The SMILES string of the molecule is Cc1cc(Br)nc(-c2ccccn2)c1. The van der Waals surface area contributed by atoms with Crippen LogP contribution < -0.4 is 0 Å². The van der Waals surface area contributed by atoms with Gasteiger partial charge in [0.2, 0.25) is 0 Å². The highest BCUT2D eigenvalue weighted by Gasteiger charge is 2.01. The molecule has 0 N–H and O–H groups in total. The van der Waals surface area contributed by atoms with Gasteiger partial charge in [-0.2, -0.15) is 0 Å². The third kappa shape index (κ3) is 1.99. The Morgan fingerprint density at radius 3 is 2.64 bits per heavy atom. The van der Waals surface area contributed by atoms with Crippen molar-refractivity contribution in [2.24, 2.45) is 0 Å². The molecule has 0 amide bonds. The topological polar surface area (TPSA) is 25.8 Å². The fraction of sp³-hybridized carbons (Fsp3) is 0.0909. The summed E-state index contributed by atoms with van der Waals surface area (Å²) in [4.78, 5) is 8.61. The van der Waals surface area contributed by atoms with E-state index in [1.807, 2.05) is 37.3 Å². The maximum Gasteiger partial charge on any atom is 0.107 e. The van der Waals surface area contributed by atoms with E-state index in [0.29, 0.717) is 0 Å². The summed E-state index contributed by atoms with van der Waals surface area (Å²) in [5.41, 5.74) is 2.97. The van der Waals surface area contributed by atoms with Crippen molar-refractivity contribution in [3.8, 4) is 11.4 Å². The van der Waals surface area contributed by atoms with E-state index in [1.54, 1.807) is 6.20 Å².